The summed E-state index contributed by atoms with van der Waals surface area (Å²) in [5.41, 5.74) is 12.6. The summed E-state index contributed by atoms with van der Waals surface area (Å²) >= 11 is 0. The molecule has 1 unspecified atom stereocenters. The first-order chi connectivity index (χ1) is 5.58. The molecule has 0 aliphatic rings. The van der Waals surface area contributed by atoms with Crippen LogP contribution < -0.4 is 11.5 Å². The molecule has 68 valence electrons. The summed E-state index contributed by atoms with van der Waals surface area (Å²) in [7, 11) is 0. The molecule has 0 aromatic carbocycles. The van der Waals surface area contributed by atoms with Gasteiger partial charge in [0.15, 0.2) is 0 Å². The van der Waals surface area contributed by atoms with E-state index in [1.54, 1.807) is 0 Å². The van der Waals surface area contributed by atoms with Gasteiger partial charge in [-0.05, 0) is 24.1 Å². The Morgan fingerprint density at radius 1 is 1.58 bits per heavy atom. The molecule has 0 radical (unpaired) electrons. The van der Waals surface area contributed by atoms with Gasteiger partial charge in [0.2, 0.25) is 0 Å². The first kappa shape index (κ1) is 9.29. The number of rotatable bonds is 3. The predicted molar refractivity (Wildman–Crippen MR) is 50.6 cm³/mol. The lowest BCUT2D eigenvalue weighted by Crippen LogP contribution is -2.36. The van der Waals surface area contributed by atoms with E-state index >= 15 is 0 Å². The van der Waals surface area contributed by atoms with Crippen LogP contribution in [-0.4, -0.2) is 11.5 Å². The van der Waals surface area contributed by atoms with Gasteiger partial charge < -0.3 is 16.5 Å². The average Bonchev–Trinajstić information content (AvgIpc) is 2.55. The molecule has 12 heavy (non-hydrogen) atoms. The molecule has 0 aliphatic carbocycles. The molecule has 1 aromatic heterocycles. The normalized spacial score (nSPS) is 14.7. The van der Waals surface area contributed by atoms with Crippen molar-refractivity contribution in [2.24, 2.45) is 16.9 Å². The maximum Gasteiger partial charge on any atom is 0.0511 e. The first-order valence-corrected chi connectivity index (χ1v) is 4.17. The maximum absolute atomic E-state index is 6.02. The summed E-state index contributed by atoms with van der Waals surface area (Å²) in [6, 6.07) is 3.92. The second-order valence-corrected chi connectivity index (χ2v) is 3.80. The van der Waals surface area contributed by atoms with Gasteiger partial charge in [-0.1, -0.05) is 13.8 Å². The lowest BCUT2D eigenvalue weighted by Gasteiger charge is -2.29. The van der Waals surface area contributed by atoms with Gasteiger partial charge in [-0.2, -0.15) is 0 Å². The summed E-state index contributed by atoms with van der Waals surface area (Å²) in [6.07, 6.45) is 1.88. The molecule has 1 atom stereocenters. The highest BCUT2D eigenvalue weighted by Crippen LogP contribution is 2.28. The van der Waals surface area contributed by atoms with Gasteiger partial charge in [-0.3, -0.25) is 0 Å². The zero-order chi connectivity index (χ0) is 9.19. The van der Waals surface area contributed by atoms with Crippen LogP contribution in [0.4, 0.5) is 0 Å². The largest absolute Gasteiger partial charge is 0.364 e. The van der Waals surface area contributed by atoms with Crippen LogP contribution >= 0.6 is 0 Å². The summed E-state index contributed by atoms with van der Waals surface area (Å²) in [6.45, 7) is 4.73. The third-order valence-corrected chi connectivity index (χ3v) is 2.33. The second-order valence-electron chi connectivity index (χ2n) is 3.80. The van der Waals surface area contributed by atoms with Crippen molar-refractivity contribution in [1.82, 2.24) is 4.98 Å². The van der Waals surface area contributed by atoms with E-state index in [0.29, 0.717) is 6.54 Å². The fourth-order valence-corrected chi connectivity index (χ4v) is 1.09. The number of hydrogen-bond acceptors (Lipinski definition) is 2. The third-order valence-electron chi connectivity index (χ3n) is 2.33. The second kappa shape index (κ2) is 3.29. The van der Waals surface area contributed by atoms with Crippen LogP contribution in [0.1, 0.15) is 25.6 Å². The Kier molecular flexibility index (Phi) is 2.55. The lowest BCUT2D eigenvalue weighted by atomic mass is 9.83. The molecule has 1 rings (SSSR count). The molecular formula is C9H17N3. The minimum Gasteiger partial charge on any atom is -0.364 e. The van der Waals surface area contributed by atoms with Gasteiger partial charge in [0.05, 0.1) is 6.04 Å². The van der Waals surface area contributed by atoms with Gasteiger partial charge in [0.25, 0.3) is 0 Å². The SMILES string of the molecule is CC(C)(CN)C(N)c1ccc[nH]1. The van der Waals surface area contributed by atoms with E-state index in [1.807, 2.05) is 18.3 Å². The van der Waals surface area contributed by atoms with Crippen LogP contribution in [0, 0.1) is 5.41 Å². The van der Waals surface area contributed by atoms with E-state index in [9.17, 15) is 0 Å². The molecular weight excluding hydrogens is 150 g/mol. The van der Waals surface area contributed by atoms with Crippen molar-refractivity contribution in [2.45, 2.75) is 19.9 Å². The van der Waals surface area contributed by atoms with E-state index < -0.39 is 0 Å². The van der Waals surface area contributed by atoms with Crippen molar-refractivity contribution in [3.05, 3.63) is 24.0 Å². The summed E-state index contributed by atoms with van der Waals surface area (Å²) in [5, 5.41) is 0. The van der Waals surface area contributed by atoms with Crippen LogP contribution in [0.5, 0.6) is 0 Å². The highest BCUT2D eigenvalue weighted by molar-refractivity contribution is 5.11. The van der Waals surface area contributed by atoms with Crippen LogP contribution in [0.3, 0.4) is 0 Å². The summed E-state index contributed by atoms with van der Waals surface area (Å²) < 4.78 is 0. The molecule has 0 saturated carbocycles. The number of aromatic nitrogens is 1. The van der Waals surface area contributed by atoms with Crippen molar-refractivity contribution >= 4 is 0 Å². The van der Waals surface area contributed by atoms with Crippen LogP contribution in [0.2, 0.25) is 0 Å². The Morgan fingerprint density at radius 3 is 2.67 bits per heavy atom. The van der Waals surface area contributed by atoms with Crippen molar-refractivity contribution in [3.63, 3.8) is 0 Å². The number of H-pyrrole nitrogens is 1. The number of nitrogens with one attached hydrogen (secondary N) is 1. The van der Waals surface area contributed by atoms with Gasteiger partial charge in [0.1, 0.15) is 0 Å². The van der Waals surface area contributed by atoms with Crippen LogP contribution in [-0.2, 0) is 0 Å². The Morgan fingerprint density at radius 2 is 2.25 bits per heavy atom. The zero-order valence-electron chi connectivity index (χ0n) is 7.67. The topological polar surface area (TPSA) is 67.8 Å². The fourth-order valence-electron chi connectivity index (χ4n) is 1.09. The van der Waals surface area contributed by atoms with E-state index in [2.05, 4.69) is 18.8 Å². The Labute approximate surface area is 73.1 Å². The standard InChI is InChI=1S/C9H17N3/c1-9(2,6-10)8(11)7-4-3-5-12-7/h3-5,8,12H,6,10-11H2,1-2H3. The number of nitrogens with two attached hydrogens (primary N) is 2. The molecule has 0 fully saturated rings. The predicted octanol–water partition coefficient (Wildman–Crippen LogP) is 0.999. The molecule has 3 heteroatoms. The number of aromatic amines is 1. The van der Waals surface area contributed by atoms with Crippen LogP contribution in [0.15, 0.2) is 18.3 Å². The molecule has 0 spiro atoms. The highest BCUT2D eigenvalue weighted by atomic mass is 14.8. The Hall–Kier alpha value is -0.800. The Bertz CT molecular complexity index is 226. The molecule has 0 aliphatic heterocycles. The highest BCUT2D eigenvalue weighted by Gasteiger charge is 2.26. The Balaban J connectivity index is 2.78. The maximum atomic E-state index is 6.02. The van der Waals surface area contributed by atoms with Gasteiger partial charge in [-0.15, -0.1) is 0 Å². The van der Waals surface area contributed by atoms with Crippen molar-refractivity contribution < 1.29 is 0 Å². The zero-order valence-corrected chi connectivity index (χ0v) is 7.67. The summed E-state index contributed by atoms with van der Waals surface area (Å²) in [4.78, 5) is 3.10. The fraction of sp³-hybridized carbons (Fsp3) is 0.556. The lowest BCUT2D eigenvalue weighted by molar-refractivity contribution is 0.297. The molecule has 1 aromatic rings. The molecule has 3 nitrogen and oxygen atoms in total. The third kappa shape index (κ3) is 1.68. The molecule has 5 N–H and O–H groups in total. The van der Waals surface area contributed by atoms with Crippen molar-refractivity contribution in [2.75, 3.05) is 6.54 Å². The van der Waals surface area contributed by atoms with E-state index in [-0.39, 0.29) is 11.5 Å². The summed E-state index contributed by atoms with van der Waals surface area (Å²) in [5.74, 6) is 0. The molecule has 0 saturated heterocycles. The molecule has 1 heterocycles. The molecule has 0 bridgehead atoms. The average molecular weight is 167 g/mol. The quantitative estimate of drug-likeness (QED) is 0.628. The molecule has 0 amide bonds. The van der Waals surface area contributed by atoms with Crippen LogP contribution in [0.25, 0.3) is 0 Å². The minimum atomic E-state index is -0.0507. The van der Waals surface area contributed by atoms with E-state index in [4.69, 9.17) is 11.5 Å². The number of hydrogen-bond donors (Lipinski definition) is 3. The first-order valence-electron chi connectivity index (χ1n) is 4.17. The van der Waals surface area contributed by atoms with E-state index in [0.717, 1.165) is 5.69 Å². The van der Waals surface area contributed by atoms with Crippen molar-refractivity contribution in [3.8, 4) is 0 Å². The minimum absolute atomic E-state index is 0.0162. The van der Waals surface area contributed by atoms with Crippen molar-refractivity contribution in [1.29, 1.82) is 0 Å². The smallest absolute Gasteiger partial charge is 0.0511 e. The van der Waals surface area contributed by atoms with Gasteiger partial charge >= 0.3 is 0 Å². The van der Waals surface area contributed by atoms with E-state index in [1.165, 1.54) is 0 Å². The van der Waals surface area contributed by atoms with Gasteiger partial charge in [0, 0.05) is 11.9 Å². The van der Waals surface area contributed by atoms with Gasteiger partial charge in [-0.25, -0.2) is 0 Å². The monoisotopic (exact) mass is 167 g/mol.